The first-order chi connectivity index (χ1) is 7.65. The minimum Gasteiger partial charge on any atom is -0.349 e. The van der Waals surface area contributed by atoms with Gasteiger partial charge in [0.25, 0.3) is 12.1 Å². The third-order valence-electron chi connectivity index (χ3n) is 3.60. The Bertz CT molecular complexity index is 365. The van der Waals surface area contributed by atoms with Gasteiger partial charge in [0.1, 0.15) is 6.04 Å². The highest BCUT2D eigenvalue weighted by Gasteiger charge is 2.61. The van der Waals surface area contributed by atoms with Crippen molar-refractivity contribution in [2.24, 2.45) is 17.0 Å². The fraction of sp³-hybridized carbons (Fsp3) is 0.800. The average molecular weight is 223 g/mol. The Labute approximate surface area is 93.1 Å². The van der Waals surface area contributed by atoms with Crippen molar-refractivity contribution in [1.29, 1.82) is 5.26 Å². The second-order valence-electron chi connectivity index (χ2n) is 4.33. The highest BCUT2D eigenvalue weighted by Crippen LogP contribution is 2.53. The smallest absolute Gasteiger partial charge is 0.279 e. The van der Waals surface area contributed by atoms with E-state index in [0.717, 1.165) is 0 Å². The Hall–Kier alpha value is -1.48. The average Bonchev–Trinajstić information content (AvgIpc) is 2.78. The van der Waals surface area contributed by atoms with E-state index in [9.17, 15) is 9.70 Å². The van der Waals surface area contributed by atoms with Gasteiger partial charge in [-0.25, -0.2) is 0 Å². The van der Waals surface area contributed by atoms with E-state index >= 15 is 0 Å². The van der Waals surface area contributed by atoms with E-state index in [4.69, 9.17) is 5.26 Å². The third-order valence-corrected chi connectivity index (χ3v) is 3.60. The molecule has 6 nitrogen and oxygen atoms in total. The van der Waals surface area contributed by atoms with Crippen LogP contribution < -0.4 is 0 Å². The van der Waals surface area contributed by atoms with Crippen LogP contribution in [0.5, 0.6) is 0 Å². The number of methoxy groups -OCH3 is 1. The van der Waals surface area contributed by atoms with Crippen molar-refractivity contribution >= 4 is 5.91 Å². The van der Waals surface area contributed by atoms with Crippen LogP contribution in [0, 0.1) is 28.1 Å². The molecular formula is C10H13N3O3. The zero-order valence-corrected chi connectivity index (χ0v) is 9.16. The van der Waals surface area contributed by atoms with Crippen LogP contribution >= 0.6 is 0 Å². The molecule has 0 radical (unpaired) electrons. The molecule has 2 aliphatic rings. The Morgan fingerprint density at radius 3 is 2.88 bits per heavy atom. The third kappa shape index (κ3) is 1.39. The molecule has 5 unspecified atom stereocenters. The van der Waals surface area contributed by atoms with Gasteiger partial charge in [-0.1, -0.05) is 6.92 Å². The number of rotatable bonds is 3. The molecule has 0 aromatic heterocycles. The Morgan fingerprint density at radius 2 is 2.38 bits per heavy atom. The summed E-state index contributed by atoms with van der Waals surface area (Å²) in [4.78, 5) is 23.8. The van der Waals surface area contributed by atoms with Gasteiger partial charge in [-0.3, -0.25) is 4.79 Å². The topological polar surface area (TPSA) is 82.8 Å². The SMILES string of the molecule is COC(N=O)C(=O)N1C(C#N)CC2C(C)C21. The predicted molar refractivity (Wildman–Crippen MR) is 53.9 cm³/mol. The molecule has 1 saturated carbocycles. The largest absolute Gasteiger partial charge is 0.349 e. The summed E-state index contributed by atoms with van der Waals surface area (Å²) in [5.74, 6) is 0.330. The molecule has 16 heavy (non-hydrogen) atoms. The zero-order chi connectivity index (χ0) is 11.9. The van der Waals surface area contributed by atoms with E-state index in [2.05, 4.69) is 16.0 Å². The summed E-state index contributed by atoms with van der Waals surface area (Å²) in [5, 5.41) is 11.6. The summed E-state index contributed by atoms with van der Waals surface area (Å²) in [6.07, 6.45) is -0.619. The number of likely N-dealkylation sites (tertiary alicyclic amines) is 1. The van der Waals surface area contributed by atoms with Gasteiger partial charge >= 0.3 is 0 Å². The van der Waals surface area contributed by atoms with E-state index in [1.807, 2.05) is 6.92 Å². The first-order valence-corrected chi connectivity index (χ1v) is 5.22. The first kappa shape index (κ1) is 11.0. The highest BCUT2D eigenvalue weighted by molar-refractivity contribution is 5.82. The number of hydrogen-bond acceptors (Lipinski definition) is 5. The molecule has 0 aromatic carbocycles. The lowest BCUT2D eigenvalue weighted by Gasteiger charge is -2.25. The van der Waals surface area contributed by atoms with Crippen LogP contribution in [-0.2, 0) is 9.53 Å². The van der Waals surface area contributed by atoms with Gasteiger partial charge in [0.2, 0.25) is 0 Å². The molecule has 6 heteroatoms. The van der Waals surface area contributed by atoms with E-state index in [0.29, 0.717) is 18.3 Å². The van der Waals surface area contributed by atoms with Crippen LogP contribution in [-0.4, -0.2) is 36.2 Å². The lowest BCUT2D eigenvalue weighted by atomic mass is 10.1. The minimum absolute atomic E-state index is 0.0940. The Kier molecular flexibility index (Phi) is 2.64. The molecule has 1 heterocycles. The predicted octanol–water partition coefficient (Wildman–Crippen LogP) is 0.484. The Morgan fingerprint density at radius 1 is 1.69 bits per heavy atom. The summed E-state index contributed by atoms with van der Waals surface area (Å²) >= 11 is 0. The minimum atomic E-state index is -1.32. The van der Waals surface area contributed by atoms with Gasteiger partial charge in [0.05, 0.1) is 6.07 Å². The Balaban J connectivity index is 2.15. The van der Waals surface area contributed by atoms with Gasteiger partial charge in [-0.05, 0) is 23.4 Å². The van der Waals surface area contributed by atoms with Crippen molar-refractivity contribution in [3.63, 3.8) is 0 Å². The van der Waals surface area contributed by atoms with Crippen molar-refractivity contribution < 1.29 is 9.53 Å². The van der Waals surface area contributed by atoms with Crippen molar-refractivity contribution in [3.05, 3.63) is 4.91 Å². The normalized spacial score (nSPS) is 37.4. The number of piperidine rings is 1. The number of fused-ring (bicyclic) bond motifs is 1. The number of nitriles is 1. The summed E-state index contributed by atoms with van der Waals surface area (Å²) in [6, 6.07) is 1.75. The quantitative estimate of drug-likeness (QED) is 0.651. The van der Waals surface area contributed by atoms with E-state index < -0.39 is 18.2 Å². The molecule has 2 fully saturated rings. The van der Waals surface area contributed by atoms with Gasteiger partial charge in [0, 0.05) is 13.2 Å². The van der Waals surface area contributed by atoms with Crippen LogP contribution in [0.3, 0.4) is 0 Å². The summed E-state index contributed by atoms with van der Waals surface area (Å²) < 4.78 is 4.69. The van der Waals surface area contributed by atoms with Crippen LogP contribution in [0.2, 0.25) is 0 Å². The number of carbonyl (C=O) groups excluding carboxylic acids is 1. The lowest BCUT2D eigenvalue weighted by Crippen LogP contribution is -2.44. The molecule has 1 amide bonds. The first-order valence-electron chi connectivity index (χ1n) is 5.22. The molecule has 86 valence electrons. The van der Waals surface area contributed by atoms with Crippen LogP contribution in [0.4, 0.5) is 0 Å². The number of nitroso groups, excluding NO2 is 1. The molecular weight excluding hydrogens is 210 g/mol. The summed E-state index contributed by atoms with van der Waals surface area (Å²) in [5.41, 5.74) is 0. The maximum atomic E-state index is 11.9. The molecule has 2 rings (SSSR count). The van der Waals surface area contributed by atoms with Gasteiger partial charge < -0.3 is 9.64 Å². The van der Waals surface area contributed by atoms with Crippen LogP contribution in [0.15, 0.2) is 5.18 Å². The standard InChI is InChI=1S/C10H13N3O3/c1-5-7-3-6(4-11)13(8(5)7)10(14)9(12-15)16-2/h5-9H,3H2,1-2H3. The maximum Gasteiger partial charge on any atom is 0.279 e. The van der Waals surface area contributed by atoms with E-state index in [1.54, 1.807) is 0 Å². The molecule has 0 spiro atoms. The zero-order valence-electron chi connectivity index (χ0n) is 9.16. The number of carbonyl (C=O) groups is 1. The van der Waals surface area contributed by atoms with Crippen LogP contribution in [0.25, 0.3) is 0 Å². The highest BCUT2D eigenvalue weighted by atomic mass is 16.5. The van der Waals surface area contributed by atoms with Crippen molar-refractivity contribution in [3.8, 4) is 6.07 Å². The number of hydrogen-bond donors (Lipinski definition) is 0. The fourth-order valence-electron chi connectivity index (χ4n) is 2.65. The van der Waals surface area contributed by atoms with Gasteiger partial charge in [-0.15, -0.1) is 4.91 Å². The summed E-state index contributed by atoms with van der Waals surface area (Å²) in [6.45, 7) is 2.04. The molecule has 1 aliphatic carbocycles. The van der Waals surface area contributed by atoms with E-state index in [-0.39, 0.29) is 6.04 Å². The molecule has 0 aromatic rings. The van der Waals surface area contributed by atoms with Crippen molar-refractivity contribution in [2.75, 3.05) is 7.11 Å². The monoisotopic (exact) mass is 223 g/mol. The molecule has 0 N–H and O–H groups in total. The van der Waals surface area contributed by atoms with Crippen molar-refractivity contribution in [1.82, 2.24) is 4.90 Å². The molecule has 1 saturated heterocycles. The molecule has 5 atom stereocenters. The number of ether oxygens (including phenoxy) is 1. The molecule has 0 bridgehead atoms. The van der Waals surface area contributed by atoms with Gasteiger partial charge in [0.15, 0.2) is 0 Å². The fourth-order valence-corrected chi connectivity index (χ4v) is 2.65. The summed E-state index contributed by atoms with van der Waals surface area (Å²) in [7, 11) is 1.26. The number of nitrogens with zero attached hydrogens (tertiary/aromatic N) is 3. The van der Waals surface area contributed by atoms with E-state index in [1.165, 1.54) is 12.0 Å². The second-order valence-corrected chi connectivity index (χ2v) is 4.33. The number of amides is 1. The second kappa shape index (κ2) is 3.83. The lowest BCUT2D eigenvalue weighted by molar-refractivity contribution is -0.142. The maximum absolute atomic E-state index is 11.9. The van der Waals surface area contributed by atoms with Gasteiger partial charge in [-0.2, -0.15) is 5.26 Å². The van der Waals surface area contributed by atoms with Crippen molar-refractivity contribution in [2.45, 2.75) is 31.7 Å². The van der Waals surface area contributed by atoms with Crippen LogP contribution in [0.1, 0.15) is 13.3 Å². The molecule has 1 aliphatic heterocycles.